The van der Waals surface area contributed by atoms with Gasteiger partial charge in [-0.3, -0.25) is 4.79 Å². The van der Waals surface area contributed by atoms with Crippen molar-refractivity contribution in [3.63, 3.8) is 0 Å². The number of amides is 1. The zero-order valence-electron chi connectivity index (χ0n) is 6.87. The number of thiazole rings is 1. The maximum absolute atomic E-state index is 10.6. The Morgan fingerprint density at radius 2 is 2.33 bits per heavy atom. The maximum Gasteiger partial charge on any atom is 0.242 e. The largest absolute Gasteiger partial charge is 0.375 e. The lowest BCUT2D eigenvalue weighted by atomic mass is 10.3. The SMILES string of the molecule is CC(=O)N=C(C)c1csc(N)n1. The Morgan fingerprint density at radius 3 is 2.75 bits per heavy atom. The predicted octanol–water partition coefficient (Wildman–Crippen LogP) is 1.08. The van der Waals surface area contributed by atoms with Gasteiger partial charge in [-0.1, -0.05) is 0 Å². The minimum atomic E-state index is -0.223. The molecule has 1 heterocycles. The molecule has 0 atom stereocenters. The number of hydrogen-bond acceptors (Lipinski definition) is 4. The quantitative estimate of drug-likeness (QED) is 0.662. The molecule has 0 unspecified atom stereocenters. The number of carbonyl (C=O) groups is 1. The smallest absolute Gasteiger partial charge is 0.242 e. The second-order valence-corrected chi connectivity index (χ2v) is 3.18. The van der Waals surface area contributed by atoms with Crippen molar-refractivity contribution in [1.82, 2.24) is 4.98 Å². The minimum absolute atomic E-state index is 0.223. The molecule has 64 valence electrons. The van der Waals surface area contributed by atoms with Gasteiger partial charge in [-0.05, 0) is 6.92 Å². The molecule has 1 aromatic rings. The van der Waals surface area contributed by atoms with Gasteiger partial charge in [0, 0.05) is 12.3 Å². The summed E-state index contributed by atoms with van der Waals surface area (Å²) in [4.78, 5) is 18.3. The molecule has 1 aromatic heterocycles. The van der Waals surface area contributed by atoms with Crippen molar-refractivity contribution in [2.24, 2.45) is 4.99 Å². The number of aromatic nitrogens is 1. The van der Waals surface area contributed by atoms with E-state index in [0.717, 1.165) is 0 Å². The zero-order valence-corrected chi connectivity index (χ0v) is 7.68. The van der Waals surface area contributed by atoms with E-state index in [-0.39, 0.29) is 5.91 Å². The van der Waals surface area contributed by atoms with E-state index in [1.165, 1.54) is 18.3 Å². The highest BCUT2D eigenvalue weighted by atomic mass is 32.1. The minimum Gasteiger partial charge on any atom is -0.375 e. The van der Waals surface area contributed by atoms with Gasteiger partial charge < -0.3 is 5.73 Å². The van der Waals surface area contributed by atoms with Crippen molar-refractivity contribution in [3.8, 4) is 0 Å². The first-order valence-electron chi connectivity index (χ1n) is 3.37. The molecular formula is C7H9N3OS. The van der Waals surface area contributed by atoms with E-state index in [1.807, 2.05) is 0 Å². The van der Waals surface area contributed by atoms with Gasteiger partial charge in [-0.25, -0.2) is 9.98 Å². The fourth-order valence-electron chi connectivity index (χ4n) is 0.747. The van der Waals surface area contributed by atoms with Crippen LogP contribution in [0.5, 0.6) is 0 Å². The lowest BCUT2D eigenvalue weighted by molar-refractivity contribution is -0.115. The Kier molecular flexibility index (Phi) is 2.54. The molecule has 12 heavy (non-hydrogen) atoms. The summed E-state index contributed by atoms with van der Waals surface area (Å²) in [6.45, 7) is 3.13. The van der Waals surface area contributed by atoms with Gasteiger partial charge in [0.1, 0.15) is 0 Å². The van der Waals surface area contributed by atoms with Crippen LogP contribution in [0.3, 0.4) is 0 Å². The van der Waals surface area contributed by atoms with Crippen LogP contribution in [0.25, 0.3) is 0 Å². The lowest BCUT2D eigenvalue weighted by Crippen LogP contribution is -1.99. The summed E-state index contributed by atoms with van der Waals surface area (Å²) in [5.74, 6) is -0.223. The Bertz CT molecular complexity index is 329. The molecule has 0 saturated carbocycles. The van der Waals surface area contributed by atoms with E-state index in [9.17, 15) is 4.79 Å². The monoisotopic (exact) mass is 183 g/mol. The van der Waals surface area contributed by atoms with E-state index in [2.05, 4.69) is 9.98 Å². The number of nitrogen functional groups attached to an aromatic ring is 1. The number of nitrogens with two attached hydrogens (primary N) is 1. The molecule has 2 N–H and O–H groups in total. The lowest BCUT2D eigenvalue weighted by Gasteiger charge is -1.90. The fourth-order valence-corrected chi connectivity index (χ4v) is 1.35. The fraction of sp³-hybridized carbons (Fsp3) is 0.286. The average Bonchev–Trinajstić information content (AvgIpc) is 2.34. The Hall–Kier alpha value is -1.23. The van der Waals surface area contributed by atoms with Crippen molar-refractivity contribution in [3.05, 3.63) is 11.1 Å². The van der Waals surface area contributed by atoms with Gasteiger partial charge in [0.05, 0.1) is 11.4 Å². The summed E-state index contributed by atoms with van der Waals surface area (Å²) >= 11 is 1.33. The van der Waals surface area contributed by atoms with E-state index < -0.39 is 0 Å². The van der Waals surface area contributed by atoms with Crippen LogP contribution in [0.2, 0.25) is 0 Å². The van der Waals surface area contributed by atoms with Crippen LogP contribution in [0.1, 0.15) is 19.5 Å². The Labute approximate surface area is 74.1 Å². The molecule has 0 aromatic carbocycles. The summed E-state index contributed by atoms with van der Waals surface area (Å²) in [6.07, 6.45) is 0. The highest BCUT2D eigenvalue weighted by Crippen LogP contribution is 2.11. The molecule has 5 heteroatoms. The van der Waals surface area contributed by atoms with Crippen molar-refractivity contribution in [2.75, 3.05) is 5.73 Å². The van der Waals surface area contributed by atoms with Crippen molar-refractivity contribution in [2.45, 2.75) is 13.8 Å². The third-order valence-electron chi connectivity index (χ3n) is 1.22. The Balaban J connectivity index is 2.91. The molecule has 0 bridgehead atoms. The van der Waals surface area contributed by atoms with Crippen molar-refractivity contribution >= 4 is 28.1 Å². The van der Waals surface area contributed by atoms with Crippen LogP contribution in [0, 0.1) is 0 Å². The van der Waals surface area contributed by atoms with Gasteiger partial charge >= 0.3 is 0 Å². The topological polar surface area (TPSA) is 68.3 Å². The van der Waals surface area contributed by atoms with E-state index in [4.69, 9.17) is 5.73 Å². The number of hydrogen-bond donors (Lipinski definition) is 1. The summed E-state index contributed by atoms with van der Waals surface area (Å²) in [7, 11) is 0. The molecule has 0 aliphatic heterocycles. The van der Waals surface area contributed by atoms with Crippen molar-refractivity contribution < 1.29 is 4.79 Å². The standard InChI is InChI=1S/C7H9N3OS/c1-4(9-5(2)11)6-3-12-7(8)10-6/h3H,1-2H3,(H2,8,10). The van der Waals surface area contributed by atoms with Crippen LogP contribution in [-0.4, -0.2) is 16.6 Å². The summed E-state index contributed by atoms with van der Waals surface area (Å²) in [6, 6.07) is 0. The second kappa shape index (κ2) is 3.44. The van der Waals surface area contributed by atoms with Crippen LogP contribution in [0.4, 0.5) is 5.13 Å². The predicted molar refractivity (Wildman–Crippen MR) is 49.4 cm³/mol. The van der Waals surface area contributed by atoms with Gasteiger partial charge in [0.25, 0.3) is 0 Å². The Morgan fingerprint density at radius 1 is 1.67 bits per heavy atom. The normalized spacial score (nSPS) is 11.7. The zero-order chi connectivity index (χ0) is 9.14. The number of rotatable bonds is 1. The number of carbonyl (C=O) groups excluding carboxylic acids is 1. The first-order chi connectivity index (χ1) is 5.59. The first kappa shape index (κ1) is 8.86. The molecule has 0 aliphatic carbocycles. The highest BCUT2D eigenvalue weighted by molar-refractivity contribution is 7.13. The van der Waals surface area contributed by atoms with Gasteiger partial charge in [-0.15, -0.1) is 11.3 Å². The first-order valence-corrected chi connectivity index (χ1v) is 4.25. The van der Waals surface area contributed by atoms with Crippen LogP contribution in [0.15, 0.2) is 10.4 Å². The number of anilines is 1. The molecule has 1 amide bonds. The third kappa shape index (κ3) is 2.13. The van der Waals surface area contributed by atoms with Crippen LogP contribution < -0.4 is 5.73 Å². The third-order valence-corrected chi connectivity index (χ3v) is 1.89. The number of nitrogens with zero attached hydrogens (tertiary/aromatic N) is 2. The molecule has 0 radical (unpaired) electrons. The second-order valence-electron chi connectivity index (χ2n) is 2.29. The average molecular weight is 183 g/mol. The van der Waals surface area contributed by atoms with E-state index in [1.54, 1.807) is 12.3 Å². The van der Waals surface area contributed by atoms with E-state index in [0.29, 0.717) is 16.5 Å². The molecule has 0 aliphatic rings. The number of aliphatic imine (C=N–C) groups is 1. The van der Waals surface area contributed by atoms with Gasteiger partial charge in [0.2, 0.25) is 5.91 Å². The van der Waals surface area contributed by atoms with E-state index >= 15 is 0 Å². The summed E-state index contributed by atoms with van der Waals surface area (Å²) in [5, 5.41) is 2.26. The molecule has 1 rings (SSSR count). The summed E-state index contributed by atoms with van der Waals surface area (Å²) in [5.41, 5.74) is 6.70. The van der Waals surface area contributed by atoms with Crippen LogP contribution >= 0.6 is 11.3 Å². The molecule has 4 nitrogen and oxygen atoms in total. The van der Waals surface area contributed by atoms with Crippen molar-refractivity contribution in [1.29, 1.82) is 0 Å². The molecule has 0 fully saturated rings. The molecule has 0 spiro atoms. The maximum atomic E-state index is 10.6. The van der Waals surface area contributed by atoms with Crippen LogP contribution in [-0.2, 0) is 4.79 Å². The van der Waals surface area contributed by atoms with Gasteiger partial charge in [0.15, 0.2) is 5.13 Å². The molecule has 0 saturated heterocycles. The summed E-state index contributed by atoms with van der Waals surface area (Å²) < 4.78 is 0. The highest BCUT2D eigenvalue weighted by Gasteiger charge is 2.02. The van der Waals surface area contributed by atoms with Gasteiger partial charge in [-0.2, -0.15) is 0 Å². The molecular weight excluding hydrogens is 174 g/mol.